The molecular weight excluding hydrogens is 259 g/mol. The second-order valence-corrected chi connectivity index (χ2v) is 5.53. The summed E-state index contributed by atoms with van der Waals surface area (Å²) in [4.78, 5) is 2.08. The molecule has 2 fully saturated rings. The molecule has 1 atom stereocenters. The van der Waals surface area contributed by atoms with Gasteiger partial charge in [0.15, 0.2) is 0 Å². The van der Waals surface area contributed by atoms with Crippen LogP contribution >= 0.6 is 15.9 Å². The molecule has 1 saturated carbocycles. The normalized spacial score (nSPS) is 32.1. The number of nitrogens with zero attached hydrogens (tertiary/aromatic N) is 1. The number of likely N-dealkylation sites (tertiary alicyclic amines) is 1. The molecule has 1 saturated heterocycles. The summed E-state index contributed by atoms with van der Waals surface area (Å²) in [5.74, 6) is 0. The van der Waals surface area contributed by atoms with Gasteiger partial charge < -0.3 is 0 Å². The lowest BCUT2D eigenvalue weighted by Gasteiger charge is -2.32. The van der Waals surface area contributed by atoms with E-state index < -0.39 is 12.7 Å². The number of halogens is 4. The van der Waals surface area contributed by atoms with E-state index in [4.69, 9.17) is 0 Å². The minimum absolute atomic E-state index is 0.349. The number of rotatable bonds is 1. The maximum absolute atomic E-state index is 12.1. The molecule has 0 aromatic rings. The highest BCUT2D eigenvalue weighted by Gasteiger charge is 2.53. The molecule has 0 aromatic carbocycles. The molecule has 14 heavy (non-hydrogen) atoms. The van der Waals surface area contributed by atoms with Gasteiger partial charge in [-0.1, -0.05) is 15.9 Å². The largest absolute Gasteiger partial charge is 0.401 e. The highest BCUT2D eigenvalue weighted by molar-refractivity contribution is 9.09. The summed E-state index contributed by atoms with van der Waals surface area (Å²) in [6.07, 6.45) is -1.06. The second-order valence-electron chi connectivity index (χ2n) is 4.43. The van der Waals surface area contributed by atoms with E-state index in [1.807, 2.05) is 0 Å². The lowest BCUT2D eigenvalue weighted by atomic mass is 9.94. The van der Waals surface area contributed by atoms with Crippen LogP contribution in [0.4, 0.5) is 13.2 Å². The number of hydrogen-bond acceptors (Lipinski definition) is 1. The van der Waals surface area contributed by atoms with E-state index in [1.165, 1.54) is 4.90 Å². The van der Waals surface area contributed by atoms with Crippen LogP contribution in [0.3, 0.4) is 0 Å². The van der Waals surface area contributed by atoms with E-state index in [1.54, 1.807) is 0 Å². The zero-order valence-electron chi connectivity index (χ0n) is 7.78. The van der Waals surface area contributed by atoms with E-state index in [2.05, 4.69) is 15.9 Å². The predicted octanol–water partition coefficient (Wildman–Crippen LogP) is 2.80. The first kappa shape index (κ1) is 10.7. The average Bonchev–Trinajstić information content (AvgIpc) is 2.65. The molecule has 2 aliphatic rings. The van der Waals surface area contributed by atoms with Crippen LogP contribution in [0.25, 0.3) is 0 Å². The topological polar surface area (TPSA) is 3.24 Å². The fraction of sp³-hybridized carbons (Fsp3) is 1.00. The van der Waals surface area contributed by atoms with Crippen molar-refractivity contribution in [2.24, 2.45) is 5.41 Å². The molecule has 1 unspecified atom stereocenters. The van der Waals surface area contributed by atoms with Gasteiger partial charge in [-0.3, -0.25) is 4.90 Å². The number of alkyl halides is 4. The second kappa shape index (κ2) is 3.37. The molecule has 1 heterocycles. The predicted molar refractivity (Wildman–Crippen MR) is 51.5 cm³/mol. The van der Waals surface area contributed by atoms with Crippen molar-refractivity contribution in [1.29, 1.82) is 0 Å². The van der Waals surface area contributed by atoms with Gasteiger partial charge in [0.2, 0.25) is 0 Å². The van der Waals surface area contributed by atoms with Crippen molar-refractivity contribution in [3.63, 3.8) is 0 Å². The molecule has 0 aromatic heterocycles. The third-order valence-corrected chi connectivity index (χ3v) is 4.64. The van der Waals surface area contributed by atoms with Gasteiger partial charge in [0.1, 0.15) is 0 Å². The molecule has 5 heteroatoms. The van der Waals surface area contributed by atoms with Crippen LogP contribution in [-0.2, 0) is 0 Å². The minimum Gasteiger partial charge on any atom is -0.295 e. The molecular formula is C9H13BrF3N. The monoisotopic (exact) mass is 271 g/mol. The SMILES string of the molecule is FC(F)(F)CN1CCC2(CC1)CC2Br. The third-order valence-electron chi connectivity index (χ3n) is 3.34. The van der Waals surface area contributed by atoms with Crippen molar-refractivity contribution in [3.8, 4) is 0 Å². The zero-order chi connectivity index (χ0) is 10.4. The standard InChI is InChI=1S/C9H13BrF3N/c10-7-5-8(7)1-3-14(4-2-8)6-9(11,12)13/h7H,1-6H2. The Morgan fingerprint density at radius 2 is 1.79 bits per heavy atom. The van der Waals surface area contributed by atoms with Crippen LogP contribution < -0.4 is 0 Å². The molecule has 0 radical (unpaired) electrons. The third kappa shape index (κ3) is 2.24. The number of hydrogen-bond donors (Lipinski definition) is 0. The molecule has 0 amide bonds. The Morgan fingerprint density at radius 1 is 1.29 bits per heavy atom. The summed E-state index contributed by atoms with van der Waals surface area (Å²) in [6.45, 7) is 0.458. The van der Waals surface area contributed by atoms with Crippen molar-refractivity contribution in [2.45, 2.75) is 30.3 Å². The molecule has 1 spiro atoms. The van der Waals surface area contributed by atoms with Crippen LogP contribution in [0.1, 0.15) is 19.3 Å². The fourth-order valence-corrected chi connectivity index (χ4v) is 3.33. The lowest BCUT2D eigenvalue weighted by Crippen LogP contribution is -2.41. The van der Waals surface area contributed by atoms with Gasteiger partial charge in [-0.2, -0.15) is 13.2 Å². The summed E-state index contributed by atoms with van der Waals surface area (Å²) in [5.41, 5.74) is 0.349. The summed E-state index contributed by atoms with van der Waals surface area (Å²) in [7, 11) is 0. The van der Waals surface area contributed by atoms with Gasteiger partial charge in [-0.25, -0.2) is 0 Å². The number of piperidine rings is 1. The molecule has 1 aliphatic carbocycles. The highest BCUT2D eigenvalue weighted by Crippen LogP contribution is 2.58. The van der Waals surface area contributed by atoms with E-state index in [0.717, 1.165) is 19.3 Å². The Balaban J connectivity index is 1.79. The molecule has 0 N–H and O–H groups in total. The Kier molecular flexibility index (Phi) is 2.59. The van der Waals surface area contributed by atoms with Gasteiger partial charge >= 0.3 is 6.18 Å². The Bertz CT molecular complexity index is 221. The summed E-state index contributed by atoms with van der Waals surface area (Å²) in [6, 6.07) is 0. The van der Waals surface area contributed by atoms with Gasteiger partial charge in [-0.15, -0.1) is 0 Å². The summed E-state index contributed by atoms with van der Waals surface area (Å²) < 4.78 is 36.2. The Morgan fingerprint density at radius 3 is 2.14 bits per heavy atom. The maximum Gasteiger partial charge on any atom is 0.401 e. The van der Waals surface area contributed by atoms with Gasteiger partial charge in [0.05, 0.1) is 6.54 Å². The molecule has 2 rings (SSSR count). The van der Waals surface area contributed by atoms with E-state index >= 15 is 0 Å². The molecule has 1 nitrogen and oxygen atoms in total. The lowest BCUT2D eigenvalue weighted by molar-refractivity contribution is -0.149. The fourth-order valence-electron chi connectivity index (χ4n) is 2.23. The van der Waals surface area contributed by atoms with Crippen LogP contribution in [0.2, 0.25) is 0 Å². The Hall–Kier alpha value is 0.230. The first-order valence-electron chi connectivity index (χ1n) is 4.84. The van der Waals surface area contributed by atoms with E-state index in [9.17, 15) is 13.2 Å². The average molecular weight is 272 g/mol. The molecule has 82 valence electrons. The van der Waals surface area contributed by atoms with Crippen LogP contribution in [0.5, 0.6) is 0 Å². The van der Waals surface area contributed by atoms with Crippen LogP contribution in [0.15, 0.2) is 0 Å². The summed E-state index contributed by atoms with van der Waals surface area (Å²) in [5, 5.41) is 0. The smallest absolute Gasteiger partial charge is 0.295 e. The van der Waals surface area contributed by atoms with Crippen molar-refractivity contribution in [2.75, 3.05) is 19.6 Å². The van der Waals surface area contributed by atoms with Crippen LogP contribution in [0, 0.1) is 5.41 Å². The maximum atomic E-state index is 12.1. The quantitative estimate of drug-likeness (QED) is 0.663. The van der Waals surface area contributed by atoms with Gasteiger partial charge in [0, 0.05) is 4.83 Å². The molecule has 1 aliphatic heterocycles. The van der Waals surface area contributed by atoms with Crippen LogP contribution in [-0.4, -0.2) is 35.5 Å². The first-order chi connectivity index (χ1) is 6.41. The van der Waals surface area contributed by atoms with Crippen molar-refractivity contribution in [1.82, 2.24) is 4.90 Å². The van der Waals surface area contributed by atoms with Crippen molar-refractivity contribution in [3.05, 3.63) is 0 Å². The molecule has 0 bridgehead atoms. The highest BCUT2D eigenvalue weighted by atomic mass is 79.9. The first-order valence-corrected chi connectivity index (χ1v) is 5.76. The summed E-state index contributed by atoms with van der Waals surface area (Å²) >= 11 is 3.54. The van der Waals surface area contributed by atoms with Crippen molar-refractivity contribution < 1.29 is 13.2 Å². The Labute approximate surface area is 89.8 Å². The van der Waals surface area contributed by atoms with E-state index in [-0.39, 0.29) is 0 Å². The van der Waals surface area contributed by atoms with Gasteiger partial charge in [0.25, 0.3) is 0 Å². The zero-order valence-corrected chi connectivity index (χ0v) is 9.37. The minimum atomic E-state index is -4.04. The van der Waals surface area contributed by atoms with Gasteiger partial charge in [-0.05, 0) is 37.8 Å². The van der Waals surface area contributed by atoms with Crippen molar-refractivity contribution >= 4 is 15.9 Å². The van der Waals surface area contributed by atoms with E-state index in [0.29, 0.717) is 23.3 Å².